The van der Waals surface area contributed by atoms with E-state index in [1.54, 1.807) is 39.0 Å². The van der Waals surface area contributed by atoms with Gasteiger partial charge in [0.2, 0.25) is 5.91 Å². The van der Waals surface area contributed by atoms with E-state index in [-0.39, 0.29) is 17.0 Å². The maximum Gasteiger partial charge on any atom is 0.257 e. The number of β-lactam (4-membered cyclic amide) rings is 1. The number of aliphatic carboxylic acids is 1. The van der Waals surface area contributed by atoms with Crippen molar-refractivity contribution in [1.29, 1.82) is 0 Å². The molecular weight excluding hydrogens is 453 g/mol. The zero-order valence-corrected chi connectivity index (χ0v) is 18.4. The molecule has 30 heavy (non-hydrogen) atoms. The Hall–Kier alpha value is -2.23. The second-order valence-electron chi connectivity index (χ2n) is 7.59. The quantitative estimate of drug-likeness (QED) is 0.680. The number of carbonyl (C=O) groups is 3. The number of aromatic nitrogens is 1. The number of fused-ring (bicyclic) bond motifs is 1. The number of hydrogen-bond donors (Lipinski definition) is 1. The lowest BCUT2D eigenvalue weighted by Crippen LogP contribution is -2.71. The minimum atomic E-state index is -1.32. The second-order valence-corrected chi connectivity index (χ2v) is 10.2. The number of nitrogens with zero attached hydrogens (tertiary/aromatic N) is 2. The fourth-order valence-electron chi connectivity index (χ4n) is 3.87. The summed E-state index contributed by atoms with van der Waals surface area (Å²) in [5.74, 6) is -2.16. The van der Waals surface area contributed by atoms with Crippen molar-refractivity contribution in [1.82, 2.24) is 15.4 Å². The van der Waals surface area contributed by atoms with Crippen LogP contribution >= 0.6 is 35.0 Å². The third-order valence-corrected chi connectivity index (χ3v) is 7.44. The average molecular weight is 469 g/mol. The molecule has 0 saturated carbocycles. The molecule has 2 fully saturated rings. The predicted octanol–water partition coefficient (Wildman–Crippen LogP) is 1.87. The molecule has 2 aromatic rings. The normalized spacial score (nSPS) is 24.4. The van der Waals surface area contributed by atoms with E-state index < -0.39 is 40.0 Å². The Kier molecular flexibility index (Phi) is 5.03. The van der Waals surface area contributed by atoms with Crippen LogP contribution in [-0.2, 0) is 9.59 Å². The number of amides is 2. The summed E-state index contributed by atoms with van der Waals surface area (Å²) in [7, 11) is 0. The molecule has 1 unspecified atom stereocenters. The minimum Gasteiger partial charge on any atom is -0.548 e. The zero-order valence-electron chi connectivity index (χ0n) is 16.1. The van der Waals surface area contributed by atoms with Crippen LogP contribution in [0.4, 0.5) is 0 Å². The van der Waals surface area contributed by atoms with E-state index in [0.29, 0.717) is 15.6 Å². The summed E-state index contributed by atoms with van der Waals surface area (Å²) in [5, 5.41) is 18.2. The molecule has 2 aliphatic rings. The van der Waals surface area contributed by atoms with Gasteiger partial charge in [-0.05, 0) is 32.9 Å². The zero-order chi connectivity index (χ0) is 22.0. The van der Waals surface area contributed by atoms with Crippen molar-refractivity contribution in [2.24, 2.45) is 0 Å². The van der Waals surface area contributed by atoms with E-state index in [1.807, 2.05) is 0 Å². The Morgan fingerprint density at radius 2 is 1.93 bits per heavy atom. The predicted molar refractivity (Wildman–Crippen MR) is 109 cm³/mol. The van der Waals surface area contributed by atoms with Crippen molar-refractivity contribution in [2.75, 3.05) is 0 Å². The molecule has 0 spiro atoms. The van der Waals surface area contributed by atoms with Gasteiger partial charge in [0.15, 0.2) is 0 Å². The summed E-state index contributed by atoms with van der Waals surface area (Å²) < 4.78 is 4.45. The van der Waals surface area contributed by atoms with E-state index in [1.165, 1.54) is 16.7 Å². The summed E-state index contributed by atoms with van der Waals surface area (Å²) in [5.41, 5.74) is 0.615. The minimum absolute atomic E-state index is 0.106. The molecule has 0 bridgehead atoms. The van der Waals surface area contributed by atoms with Crippen molar-refractivity contribution in [3.63, 3.8) is 0 Å². The SMILES string of the molecule is Cc1onc(-c2c(Cl)cccc2Cl)c1C(=O)N[C@@H]1C(=O)N2C(C(=O)[O-])C(C)(C)S[C@H]12. The molecule has 2 aliphatic heterocycles. The number of carboxylic acid groups (broad SMARTS) is 1. The number of carboxylic acids is 1. The maximum absolute atomic E-state index is 13.1. The average Bonchev–Trinajstić information content (AvgIpc) is 3.14. The van der Waals surface area contributed by atoms with Gasteiger partial charge in [-0.3, -0.25) is 9.59 Å². The van der Waals surface area contributed by atoms with Gasteiger partial charge in [-0.1, -0.05) is 34.4 Å². The van der Waals surface area contributed by atoms with Crippen molar-refractivity contribution < 1.29 is 24.0 Å². The molecule has 1 aromatic carbocycles. The molecule has 2 saturated heterocycles. The monoisotopic (exact) mass is 468 g/mol. The van der Waals surface area contributed by atoms with Crippen LogP contribution in [0.15, 0.2) is 22.7 Å². The van der Waals surface area contributed by atoms with Crippen LogP contribution < -0.4 is 10.4 Å². The molecule has 1 aromatic heterocycles. The molecule has 3 heterocycles. The fraction of sp³-hybridized carbons (Fsp3) is 0.368. The van der Waals surface area contributed by atoms with Crippen LogP contribution in [0, 0.1) is 6.92 Å². The number of aryl methyl sites for hydroxylation is 1. The summed E-state index contributed by atoms with van der Waals surface area (Å²) >= 11 is 13.8. The van der Waals surface area contributed by atoms with Crippen molar-refractivity contribution in [2.45, 2.75) is 43.0 Å². The highest BCUT2D eigenvalue weighted by atomic mass is 35.5. The molecule has 3 atom stereocenters. The first-order valence-electron chi connectivity index (χ1n) is 8.97. The van der Waals surface area contributed by atoms with Crippen molar-refractivity contribution in [3.8, 4) is 11.3 Å². The largest absolute Gasteiger partial charge is 0.548 e. The highest BCUT2D eigenvalue weighted by molar-refractivity contribution is 8.01. The third-order valence-electron chi connectivity index (χ3n) is 5.24. The van der Waals surface area contributed by atoms with Crippen LogP contribution in [0.1, 0.15) is 30.0 Å². The molecule has 4 rings (SSSR count). The standard InChI is InChI=1S/C19H17Cl2N3O5S/c1-7-10(12(23-29-7)11-8(20)5-4-6-9(11)21)15(25)22-13-16(26)24-14(18(27)28)19(2,3)30-17(13)24/h4-6,13-14,17H,1-3H3,(H,22,25)(H,27,28)/p-1/t13-,14?,17-/m1/s1. The van der Waals surface area contributed by atoms with Gasteiger partial charge in [0.25, 0.3) is 5.91 Å². The van der Waals surface area contributed by atoms with Gasteiger partial charge in [-0.2, -0.15) is 0 Å². The molecule has 11 heteroatoms. The highest BCUT2D eigenvalue weighted by Gasteiger charge is 2.62. The van der Waals surface area contributed by atoms with E-state index in [2.05, 4.69) is 10.5 Å². The van der Waals surface area contributed by atoms with Crippen LogP contribution in [0.25, 0.3) is 11.3 Å². The molecule has 0 radical (unpaired) electrons. The Labute approximate surface area is 185 Å². The van der Waals surface area contributed by atoms with Gasteiger partial charge >= 0.3 is 0 Å². The van der Waals surface area contributed by atoms with Crippen molar-refractivity contribution in [3.05, 3.63) is 39.6 Å². The van der Waals surface area contributed by atoms with Gasteiger partial charge in [0.05, 0.1) is 22.1 Å². The lowest BCUT2D eigenvalue weighted by atomic mass is 9.95. The van der Waals surface area contributed by atoms with E-state index in [4.69, 9.17) is 27.7 Å². The van der Waals surface area contributed by atoms with Crippen LogP contribution in [0.3, 0.4) is 0 Å². The summed E-state index contributed by atoms with van der Waals surface area (Å²) in [4.78, 5) is 38.5. The first kappa shape index (κ1) is 21.0. The van der Waals surface area contributed by atoms with Gasteiger partial charge in [0.1, 0.15) is 28.4 Å². The molecule has 8 nitrogen and oxygen atoms in total. The third kappa shape index (κ3) is 3.07. The summed E-state index contributed by atoms with van der Waals surface area (Å²) in [6.07, 6.45) is 0. The van der Waals surface area contributed by atoms with Gasteiger partial charge in [-0.25, -0.2) is 0 Å². The van der Waals surface area contributed by atoms with Crippen LogP contribution in [0.5, 0.6) is 0 Å². The number of benzene rings is 1. The molecular formula is C19H16Cl2N3O5S-. The number of carbonyl (C=O) groups excluding carboxylic acids is 3. The number of hydrogen-bond acceptors (Lipinski definition) is 7. The Morgan fingerprint density at radius 1 is 1.30 bits per heavy atom. The lowest BCUT2D eigenvalue weighted by molar-refractivity contribution is -0.312. The van der Waals surface area contributed by atoms with Crippen molar-refractivity contribution >= 4 is 52.7 Å². The van der Waals surface area contributed by atoms with Crippen LogP contribution in [-0.4, -0.2) is 50.0 Å². The number of rotatable bonds is 4. The Bertz CT molecular complexity index is 1070. The molecule has 158 valence electrons. The second kappa shape index (κ2) is 7.18. The first-order valence-corrected chi connectivity index (χ1v) is 10.6. The maximum atomic E-state index is 13.1. The van der Waals surface area contributed by atoms with Gasteiger partial charge < -0.3 is 24.6 Å². The summed E-state index contributed by atoms with van der Waals surface area (Å²) in [6, 6.07) is 2.94. The lowest BCUT2D eigenvalue weighted by Gasteiger charge is -2.45. The first-order chi connectivity index (χ1) is 14.0. The Balaban J connectivity index is 1.62. The number of thioether (sulfide) groups is 1. The van der Waals surface area contributed by atoms with Gasteiger partial charge in [-0.15, -0.1) is 11.8 Å². The Morgan fingerprint density at radius 3 is 2.53 bits per heavy atom. The van der Waals surface area contributed by atoms with Crippen LogP contribution in [0.2, 0.25) is 10.0 Å². The van der Waals surface area contributed by atoms with E-state index in [9.17, 15) is 19.5 Å². The number of halogens is 2. The summed E-state index contributed by atoms with van der Waals surface area (Å²) in [6.45, 7) is 5.01. The molecule has 2 amide bonds. The molecule has 0 aliphatic carbocycles. The van der Waals surface area contributed by atoms with E-state index in [0.717, 1.165) is 0 Å². The van der Waals surface area contributed by atoms with Gasteiger partial charge in [0, 0.05) is 10.3 Å². The number of nitrogens with one attached hydrogen (secondary N) is 1. The topological polar surface area (TPSA) is 116 Å². The molecule has 1 N–H and O–H groups in total. The fourth-order valence-corrected chi connectivity index (χ4v) is 6.07. The smallest absolute Gasteiger partial charge is 0.257 e. The highest BCUT2D eigenvalue weighted by Crippen LogP contribution is 2.50. The van der Waals surface area contributed by atoms with E-state index >= 15 is 0 Å².